The Morgan fingerprint density at radius 1 is 1.11 bits per heavy atom. The van der Waals surface area contributed by atoms with E-state index in [4.69, 9.17) is 22.9 Å². The van der Waals surface area contributed by atoms with Gasteiger partial charge in [0, 0.05) is 10.4 Å². The van der Waals surface area contributed by atoms with Crippen molar-refractivity contribution in [1.29, 1.82) is 0 Å². The van der Waals surface area contributed by atoms with Gasteiger partial charge in [-0.3, -0.25) is 8.42 Å². The molecule has 0 unspecified atom stereocenters. The van der Waals surface area contributed by atoms with Gasteiger partial charge in [0.1, 0.15) is 0 Å². The first kappa shape index (κ1) is 16.5. The third-order valence-electron chi connectivity index (χ3n) is 0. The van der Waals surface area contributed by atoms with Crippen molar-refractivity contribution in [2.45, 2.75) is 0 Å². The molecule has 0 fully saturated rings. The molecule has 0 aromatic rings. The van der Waals surface area contributed by atoms with Crippen LogP contribution in [0.1, 0.15) is 0 Å². The average molecular weight is 399 g/mol. The van der Waals surface area contributed by atoms with Crippen LogP contribution in [0.5, 0.6) is 0 Å². The molecule has 0 amide bonds. The standard InChI is InChI=1S/Cu.H2O4S.2O.Pb/c;1-5(2,3)4;;;/h;(H2,1,2,3,4);;;/q+2;;;;/p-2. The summed E-state index contributed by atoms with van der Waals surface area (Å²) in [6, 6.07) is 0. The molecule has 0 saturated heterocycles. The fourth-order valence-corrected chi connectivity index (χ4v) is 0. The Kier molecular flexibility index (Phi) is 16.3. The van der Waals surface area contributed by atoms with Gasteiger partial charge in [-0.05, 0) is 0 Å². The molecule has 0 N–H and O–H groups in total. The van der Waals surface area contributed by atoms with Crippen molar-refractivity contribution in [2.24, 2.45) is 0 Å². The van der Waals surface area contributed by atoms with Crippen molar-refractivity contribution >= 4 is 34.7 Å². The minimum absolute atomic E-state index is 0. The van der Waals surface area contributed by atoms with Crippen LogP contribution in [0.4, 0.5) is 0 Å². The molecule has 0 aliphatic heterocycles. The van der Waals surface area contributed by atoms with E-state index in [0.717, 1.165) is 0 Å². The first-order chi connectivity index (χ1) is 3.41. The molecule has 0 aromatic heterocycles. The third kappa shape index (κ3) is 512. The van der Waals surface area contributed by atoms with Crippen LogP contribution in [-0.4, -0.2) is 41.8 Å². The molecule has 6 nitrogen and oxygen atoms in total. The third-order valence-corrected chi connectivity index (χ3v) is 0. The van der Waals surface area contributed by atoms with Gasteiger partial charge >= 0.3 is 46.7 Å². The van der Waals surface area contributed by atoms with Gasteiger partial charge in [-0.1, -0.05) is 0 Å². The van der Waals surface area contributed by atoms with Crippen LogP contribution in [-0.2, 0) is 32.8 Å². The molecule has 0 bridgehead atoms. The topological polar surface area (TPSA) is 114 Å². The summed E-state index contributed by atoms with van der Waals surface area (Å²) in [7, 11) is -5.17. The van der Waals surface area contributed by atoms with Gasteiger partial charge in [-0.2, -0.15) is 0 Å². The Morgan fingerprint density at radius 2 is 1.11 bits per heavy atom. The number of hydrogen-bond donors (Lipinski definition) is 0. The summed E-state index contributed by atoms with van der Waals surface area (Å²) >= 11 is -2.42. The van der Waals surface area contributed by atoms with Crippen molar-refractivity contribution in [1.82, 2.24) is 0 Å². The van der Waals surface area contributed by atoms with Crippen molar-refractivity contribution in [3.8, 4) is 0 Å². The second kappa shape index (κ2) is 8.91. The van der Waals surface area contributed by atoms with Crippen molar-refractivity contribution in [3.05, 3.63) is 0 Å². The van der Waals surface area contributed by atoms with Crippen molar-refractivity contribution in [3.63, 3.8) is 0 Å². The van der Waals surface area contributed by atoms with E-state index in [1.165, 1.54) is 0 Å². The fraction of sp³-hybridized carbons (Fsp3) is 0. The molecular weight excluding hydrogens is 399 g/mol. The van der Waals surface area contributed by atoms with Crippen LogP contribution < -0.4 is 0 Å². The van der Waals surface area contributed by atoms with Gasteiger partial charge in [0.25, 0.3) is 0 Å². The quantitative estimate of drug-likeness (QED) is 0.266. The monoisotopic (exact) mass is 399 g/mol. The van der Waals surface area contributed by atoms with E-state index in [0.29, 0.717) is 0 Å². The Morgan fingerprint density at radius 3 is 1.11 bits per heavy atom. The maximum atomic E-state index is 8.57. The fourth-order valence-electron chi connectivity index (χ4n) is 0. The SMILES string of the molecule is O=S(=O)([O-])[O-].[Cu+2].[O]=[Pb]=[O]. The summed E-state index contributed by atoms with van der Waals surface area (Å²) in [6.45, 7) is 0. The van der Waals surface area contributed by atoms with Crippen molar-refractivity contribution < 1.29 is 40.0 Å². The predicted octanol–water partition coefficient (Wildman–Crippen LogP) is -1.96. The summed E-state index contributed by atoms with van der Waals surface area (Å²) in [5.74, 6) is 0. The molecule has 0 aliphatic carbocycles. The summed E-state index contributed by atoms with van der Waals surface area (Å²) < 4.78 is 51.2. The summed E-state index contributed by atoms with van der Waals surface area (Å²) in [5, 5.41) is 0. The van der Waals surface area contributed by atoms with Gasteiger partial charge in [0.05, 0.1) is 0 Å². The summed E-state index contributed by atoms with van der Waals surface area (Å²) in [5.41, 5.74) is 0. The van der Waals surface area contributed by atoms with E-state index >= 15 is 0 Å². The van der Waals surface area contributed by atoms with E-state index in [9.17, 15) is 0 Å². The Labute approximate surface area is 74.2 Å². The molecule has 0 rings (SSSR count). The molecule has 0 heterocycles. The Balaban J connectivity index is -0.0000000800. The molecule has 57 valence electrons. The van der Waals surface area contributed by atoms with E-state index in [1.807, 2.05) is 0 Å². The van der Waals surface area contributed by atoms with Crippen LogP contribution in [0.3, 0.4) is 0 Å². The first-order valence-corrected chi connectivity index (χ1v) is 5.58. The molecule has 1 radical (unpaired) electrons. The second-order valence-corrected chi connectivity index (χ2v) is 1.96. The normalized spacial score (nSPS) is 7.33. The zero-order chi connectivity index (χ0) is 7.21. The first-order valence-electron chi connectivity index (χ1n) is 1.07. The van der Waals surface area contributed by atoms with E-state index < -0.39 is 34.7 Å². The van der Waals surface area contributed by atoms with E-state index in [2.05, 4.69) is 0 Å². The summed E-state index contributed by atoms with van der Waals surface area (Å²) in [4.78, 5) is 0. The molecule has 0 atom stereocenters. The van der Waals surface area contributed by atoms with Crippen LogP contribution in [0.25, 0.3) is 0 Å². The number of hydrogen-bond acceptors (Lipinski definition) is 6. The minimum atomic E-state index is -5.17. The maximum absolute atomic E-state index is 8.57. The van der Waals surface area contributed by atoms with Crippen LogP contribution in [0.15, 0.2) is 0 Å². The Bertz CT molecular complexity index is 153. The molecule has 0 aliphatic rings. The zero-order valence-corrected chi connectivity index (χ0v) is 9.30. The van der Waals surface area contributed by atoms with Crippen molar-refractivity contribution in [2.75, 3.05) is 0 Å². The van der Waals surface area contributed by atoms with Gasteiger partial charge in [-0.25, -0.2) is 0 Å². The molecule has 0 saturated carbocycles. The van der Waals surface area contributed by atoms with Gasteiger partial charge in [0.2, 0.25) is 0 Å². The predicted molar refractivity (Wildman–Crippen MR) is 17.6 cm³/mol. The molecular formula is CuO6PbS. The molecule has 9 heavy (non-hydrogen) atoms. The summed E-state index contributed by atoms with van der Waals surface area (Å²) in [6.07, 6.45) is 0. The van der Waals surface area contributed by atoms with Crippen LogP contribution in [0.2, 0.25) is 0 Å². The molecule has 0 aromatic carbocycles. The van der Waals surface area contributed by atoms with E-state index in [1.54, 1.807) is 0 Å². The average Bonchev–Trinajstić information content (AvgIpc) is 1.27. The van der Waals surface area contributed by atoms with Crippen LogP contribution >= 0.6 is 0 Å². The second-order valence-electron chi connectivity index (χ2n) is 0.492. The molecule has 0 spiro atoms. The van der Waals surface area contributed by atoms with Gasteiger partial charge in [-0.15, -0.1) is 0 Å². The zero-order valence-electron chi connectivity index (χ0n) is 3.66. The van der Waals surface area contributed by atoms with Gasteiger partial charge in [0.15, 0.2) is 0 Å². The number of rotatable bonds is 0. The Hall–Kier alpha value is 0.912. The van der Waals surface area contributed by atoms with Crippen LogP contribution in [0, 0.1) is 0 Å². The van der Waals surface area contributed by atoms with E-state index in [-0.39, 0.29) is 17.1 Å². The molecule has 9 heteroatoms. The van der Waals surface area contributed by atoms with Gasteiger partial charge < -0.3 is 9.11 Å².